The number of carbonyl (C=O) groups excluding carboxylic acids is 2. The Labute approximate surface area is 169 Å². The second-order valence-electron chi connectivity index (χ2n) is 6.76. The summed E-state index contributed by atoms with van der Waals surface area (Å²) in [5, 5.41) is 3.37. The van der Waals surface area contributed by atoms with E-state index >= 15 is 0 Å². The normalized spacial score (nSPS) is 15.9. The molecule has 0 aliphatic carbocycles. The fourth-order valence-electron chi connectivity index (χ4n) is 3.18. The van der Waals surface area contributed by atoms with Crippen LogP contribution in [0.25, 0.3) is 0 Å². The molecule has 2 aromatic rings. The Hall–Kier alpha value is -2.22. The largest absolute Gasteiger partial charge is 0.326 e. The number of halogens is 1. The predicted molar refractivity (Wildman–Crippen MR) is 108 cm³/mol. The van der Waals surface area contributed by atoms with Gasteiger partial charge in [0.25, 0.3) is 0 Å². The minimum atomic E-state index is -3.65. The maximum atomic E-state index is 12.8. The molecule has 0 aromatic heterocycles. The molecule has 0 saturated carbocycles. The maximum Gasteiger partial charge on any atom is 0.243 e. The third-order valence-electron chi connectivity index (χ3n) is 4.82. The molecule has 1 N–H and O–H groups in total. The lowest BCUT2D eigenvalue weighted by atomic mass is 9.97. The van der Waals surface area contributed by atoms with Crippen LogP contribution >= 0.6 is 11.6 Å². The van der Waals surface area contributed by atoms with Crippen molar-refractivity contribution in [2.75, 3.05) is 18.4 Å². The molecule has 1 amide bonds. The molecule has 0 bridgehead atoms. The molecule has 1 aliphatic heterocycles. The molecule has 6 nitrogen and oxygen atoms in total. The molecule has 28 heavy (non-hydrogen) atoms. The molecular formula is C20H21ClN2O4S. The molecule has 1 saturated heterocycles. The van der Waals surface area contributed by atoms with E-state index in [-0.39, 0.29) is 35.6 Å². The van der Waals surface area contributed by atoms with E-state index in [1.54, 1.807) is 24.3 Å². The van der Waals surface area contributed by atoms with E-state index in [1.807, 2.05) is 0 Å². The van der Waals surface area contributed by atoms with Crippen LogP contribution < -0.4 is 5.32 Å². The molecular weight excluding hydrogens is 400 g/mol. The fourth-order valence-corrected chi connectivity index (χ4v) is 4.84. The van der Waals surface area contributed by atoms with Crippen molar-refractivity contribution in [1.29, 1.82) is 0 Å². The lowest BCUT2D eigenvalue weighted by Crippen LogP contribution is -2.41. The number of ketones is 1. The van der Waals surface area contributed by atoms with Gasteiger partial charge >= 0.3 is 0 Å². The molecule has 0 unspecified atom stereocenters. The zero-order valence-electron chi connectivity index (χ0n) is 15.4. The Morgan fingerprint density at radius 2 is 1.71 bits per heavy atom. The van der Waals surface area contributed by atoms with Crippen LogP contribution in [-0.2, 0) is 14.8 Å². The van der Waals surface area contributed by atoms with Gasteiger partial charge in [-0.3, -0.25) is 9.59 Å². The number of nitrogens with one attached hydrogen (secondary N) is 1. The van der Waals surface area contributed by atoms with Gasteiger partial charge in [0, 0.05) is 35.3 Å². The van der Waals surface area contributed by atoms with Gasteiger partial charge in [0.05, 0.1) is 4.90 Å². The van der Waals surface area contributed by atoms with Crippen molar-refractivity contribution >= 4 is 39.0 Å². The number of carbonyl (C=O) groups is 2. The van der Waals surface area contributed by atoms with Crippen molar-refractivity contribution in [3.05, 3.63) is 59.1 Å². The van der Waals surface area contributed by atoms with Gasteiger partial charge in [-0.05, 0) is 50.1 Å². The summed E-state index contributed by atoms with van der Waals surface area (Å²) in [6, 6.07) is 12.8. The van der Waals surface area contributed by atoms with Gasteiger partial charge in [0.15, 0.2) is 5.78 Å². The Morgan fingerprint density at radius 3 is 2.29 bits per heavy atom. The van der Waals surface area contributed by atoms with Crippen LogP contribution in [0.3, 0.4) is 0 Å². The van der Waals surface area contributed by atoms with E-state index in [0.717, 1.165) is 0 Å². The van der Waals surface area contributed by atoms with Gasteiger partial charge in [-0.15, -0.1) is 0 Å². The quantitative estimate of drug-likeness (QED) is 0.749. The molecule has 2 aromatic carbocycles. The van der Waals surface area contributed by atoms with Gasteiger partial charge < -0.3 is 5.32 Å². The highest BCUT2D eigenvalue weighted by atomic mass is 35.5. The molecule has 0 radical (unpaired) electrons. The molecule has 148 valence electrons. The summed E-state index contributed by atoms with van der Waals surface area (Å²) in [6.45, 7) is 1.97. The lowest BCUT2D eigenvalue weighted by Gasteiger charge is -2.30. The number of sulfonamides is 1. The van der Waals surface area contributed by atoms with Crippen molar-refractivity contribution in [3.63, 3.8) is 0 Å². The van der Waals surface area contributed by atoms with E-state index in [0.29, 0.717) is 29.1 Å². The number of nitrogens with zero attached hydrogens (tertiary/aromatic N) is 1. The summed E-state index contributed by atoms with van der Waals surface area (Å²) in [5.41, 5.74) is 1.09. The van der Waals surface area contributed by atoms with Crippen LogP contribution in [0, 0.1) is 5.92 Å². The number of anilines is 1. The number of rotatable bonds is 5. The van der Waals surface area contributed by atoms with Crippen molar-refractivity contribution in [3.8, 4) is 0 Å². The Bertz CT molecular complexity index is 982. The van der Waals surface area contributed by atoms with E-state index in [4.69, 9.17) is 11.6 Å². The topological polar surface area (TPSA) is 83.6 Å². The van der Waals surface area contributed by atoms with Crippen molar-refractivity contribution in [2.24, 2.45) is 5.92 Å². The number of Topliss-reactive ketones (excluding diaryl/α,β-unsaturated/α-hetero) is 1. The maximum absolute atomic E-state index is 12.8. The highest BCUT2D eigenvalue weighted by Crippen LogP contribution is 2.25. The predicted octanol–water partition coefficient (Wildman–Crippen LogP) is 3.58. The molecule has 3 rings (SSSR count). The molecule has 1 heterocycles. The van der Waals surface area contributed by atoms with E-state index < -0.39 is 10.0 Å². The fraction of sp³-hybridized carbons (Fsp3) is 0.300. The van der Waals surface area contributed by atoms with Crippen LogP contribution in [0.5, 0.6) is 0 Å². The van der Waals surface area contributed by atoms with Gasteiger partial charge in [0.1, 0.15) is 0 Å². The van der Waals surface area contributed by atoms with Crippen LogP contribution in [0.1, 0.15) is 30.1 Å². The van der Waals surface area contributed by atoms with Gasteiger partial charge in [-0.1, -0.05) is 29.8 Å². The standard InChI is InChI=1S/C20H21ClN2O4S/c1-14(24)15-5-7-19(8-6-15)28(26,27)23-11-9-16(10-12-23)20(25)22-18-4-2-3-17(21)13-18/h2-8,13,16H,9-12H2,1H3,(H,22,25). The smallest absolute Gasteiger partial charge is 0.243 e. The third kappa shape index (κ3) is 4.60. The molecule has 0 atom stereocenters. The Morgan fingerprint density at radius 1 is 1.07 bits per heavy atom. The average Bonchev–Trinajstić information content (AvgIpc) is 2.68. The number of piperidine rings is 1. The molecule has 1 fully saturated rings. The molecule has 1 aliphatic rings. The Kier molecular flexibility index (Phi) is 6.17. The summed E-state index contributed by atoms with van der Waals surface area (Å²) in [7, 11) is -3.65. The number of hydrogen-bond donors (Lipinski definition) is 1. The van der Waals surface area contributed by atoms with E-state index in [1.165, 1.54) is 35.5 Å². The number of hydrogen-bond acceptors (Lipinski definition) is 4. The summed E-state index contributed by atoms with van der Waals surface area (Å²) in [5.74, 6) is -0.508. The monoisotopic (exact) mass is 420 g/mol. The van der Waals surface area contributed by atoms with E-state index in [2.05, 4.69) is 5.32 Å². The van der Waals surface area contributed by atoms with Crippen molar-refractivity contribution < 1.29 is 18.0 Å². The summed E-state index contributed by atoms with van der Waals surface area (Å²) >= 11 is 5.93. The second kappa shape index (κ2) is 8.43. The first-order chi connectivity index (χ1) is 13.3. The van der Waals surface area contributed by atoms with Crippen LogP contribution in [-0.4, -0.2) is 37.5 Å². The van der Waals surface area contributed by atoms with Gasteiger partial charge in [-0.25, -0.2) is 8.42 Å². The van der Waals surface area contributed by atoms with Crippen molar-refractivity contribution in [2.45, 2.75) is 24.7 Å². The summed E-state index contributed by atoms with van der Waals surface area (Å²) in [6.07, 6.45) is 0.883. The second-order valence-corrected chi connectivity index (χ2v) is 9.13. The minimum Gasteiger partial charge on any atom is -0.326 e. The first-order valence-corrected chi connectivity index (χ1v) is 10.8. The third-order valence-corrected chi connectivity index (χ3v) is 6.96. The minimum absolute atomic E-state index is 0.115. The zero-order chi connectivity index (χ0) is 20.3. The highest BCUT2D eigenvalue weighted by Gasteiger charge is 2.32. The van der Waals surface area contributed by atoms with Gasteiger partial charge in [-0.2, -0.15) is 4.31 Å². The molecule has 0 spiro atoms. The highest BCUT2D eigenvalue weighted by molar-refractivity contribution is 7.89. The van der Waals surface area contributed by atoms with Gasteiger partial charge in [0.2, 0.25) is 15.9 Å². The van der Waals surface area contributed by atoms with Crippen molar-refractivity contribution in [1.82, 2.24) is 4.31 Å². The average molecular weight is 421 g/mol. The summed E-state index contributed by atoms with van der Waals surface area (Å²) in [4.78, 5) is 24.0. The number of benzene rings is 2. The Balaban J connectivity index is 1.62. The van der Waals surface area contributed by atoms with Crippen LogP contribution in [0.2, 0.25) is 5.02 Å². The van der Waals surface area contributed by atoms with Crippen LogP contribution in [0.15, 0.2) is 53.4 Å². The first-order valence-electron chi connectivity index (χ1n) is 8.95. The first kappa shape index (κ1) is 20.5. The zero-order valence-corrected chi connectivity index (χ0v) is 17.0. The lowest BCUT2D eigenvalue weighted by molar-refractivity contribution is -0.120. The summed E-state index contributed by atoms with van der Waals surface area (Å²) < 4.78 is 27.0. The SMILES string of the molecule is CC(=O)c1ccc(S(=O)(=O)N2CCC(C(=O)Nc3cccc(Cl)c3)CC2)cc1. The molecule has 8 heteroatoms. The van der Waals surface area contributed by atoms with E-state index in [9.17, 15) is 18.0 Å². The van der Waals surface area contributed by atoms with Crippen LogP contribution in [0.4, 0.5) is 5.69 Å². The number of amides is 1.